The van der Waals surface area contributed by atoms with Crippen molar-refractivity contribution in [3.05, 3.63) is 22.7 Å². The van der Waals surface area contributed by atoms with Crippen LogP contribution >= 0.6 is 7.26 Å². The Hall–Kier alpha value is -1.15. The summed E-state index contributed by atoms with van der Waals surface area (Å²) in [7, 11) is 2.19. The molecule has 0 N–H and O–H groups in total. The molecule has 0 aromatic rings. The summed E-state index contributed by atoms with van der Waals surface area (Å²) in [5, 5.41) is 0. The van der Waals surface area contributed by atoms with E-state index in [2.05, 4.69) is 20.0 Å². The molecular formula is C22H38O4P+. The van der Waals surface area contributed by atoms with Crippen LogP contribution in [0.2, 0.25) is 0 Å². The Balaban J connectivity index is 2.28. The lowest BCUT2D eigenvalue weighted by atomic mass is 9.89. The van der Waals surface area contributed by atoms with Crippen molar-refractivity contribution < 1.29 is 19.1 Å². The summed E-state index contributed by atoms with van der Waals surface area (Å²) < 4.78 is 10.2. The normalized spacial score (nSPS) is 15.6. The van der Waals surface area contributed by atoms with Gasteiger partial charge in [0.15, 0.2) is 0 Å². The first-order valence-electron chi connectivity index (χ1n) is 10.1. The number of Topliss-reactive ketones (excluding diaryl/α,β-unsaturated/α-hetero) is 2. The minimum Gasteiger partial charge on any atom is -0.489 e. The average Bonchev–Trinajstić information content (AvgIpc) is 2.60. The zero-order chi connectivity index (χ0) is 20.4. The maximum atomic E-state index is 12.5. The van der Waals surface area contributed by atoms with E-state index in [1.807, 2.05) is 0 Å². The first-order valence-corrected chi connectivity index (χ1v) is 13.5. The van der Waals surface area contributed by atoms with Crippen molar-refractivity contribution in [3.63, 3.8) is 0 Å². The monoisotopic (exact) mass is 397 g/mol. The third-order valence-corrected chi connectivity index (χ3v) is 6.76. The van der Waals surface area contributed by atoms with Gasteiger partial charge in [-0.15, -0.1) is 0 Å². The van der Waals surface area contributed by atoms with E-state index in [-0.39, 0.29) is 23.1 Å². The number of unbranched alkanes of at least 4 members (excludes halogenated alkanes) is 7. The smallest absolute Gasteiger partial charge is 0.228 e. The van der Waals surface area contributed by atoms with Gasteiger partial charge in [-0.05, 0) is 32.6 Å². The molecule has 5 heteroatoms. The summed E-state index contributed by atoms with van der Waals surface area (Å²) in [6.45, 7) is 8.95. The Bertz CT molecular complexity index is 582. The molecule has 0 aromatic carbocycles. The Morgan fingerprint density at radius 1 is 0.704 bits per heavy atom. The molecule has 0 saturated heterocycles. The highest BCUT2D eigenvalue weighted by Gasteiger charge is 2.34. The van der Waals surface area contributed by atoms with E-state index in [1.54, 1.807) is 6.92 Å². The van der Waals surface area contributed by atoms with Crippen LogP contribution in [-0.2, 0) is 19.1 Å². The van der Waals surface area contributed by atoms with Gasteiger partial charge in [0.1, 0.15) is 0 Å². The molecule has 0 bridgehead atoms. The lowest BCUT2D eigenvalue weighted by Gasteiger charge is -2.20. The Morgan fingerprint density at radius 3 is 1.63 bits per heavy atom. The molecule has 1 aliphatic rings. The third kappa shape index (κ3) is 7.78. The fraction of sp³-hybridized carbons (Fsp3) is 0.727. The van der Waals surface area contributed by atoms with E-state index >= 15 is 0 Å². The van der Waals surface area contributed by atoms with Crippen LogP contribution in [0.1, 0.15) is 64.7 Å². The van der Waals surface area contributed by atoms with E-state index in [0.29, 0.717) is 17.6 Å². The summed E-state index contributed by atoms with van der Waals surface area (Å²) in [5.41, 5.74) is 1.09. The van der Waals surface area contributed by atoms with Crippen molar-refractivity contribution in [3.8, 4) is 0 Å². The number of hydrogen-bond acceptors (Lipinski definition) is 4. The van der Waals surface area contributed by atoms with Crippen LogP contribution in [0.25, 0.3) is 0 Å². The molecule has 1 rings (SSSR count). The highest BCUT2D eigenvalue weighted by atomic mass is 31.2. The van der Waals surface area contributed by atoms with Crippen molar-refractivity contribution in [2.75, 3.05) is 40.4 Å². The Kier molecular flexibility index (Phi) is 10.3. The molecule has 0 unspecified atom stereocenters. The van der Waals surface area contributed by atoms with Gasteiger partial charge < -0.3 is 9.47 Å². The van der Waals surface area contributed by atoms with Crippen LogP contribution < -0.4 is 0 Å². The van der Waals surface area contributed by atoms with Crippen LogP contribution in [0.4, 0.5) is 0 Å². The first-order chi connectivity index (χ1) is 12.7. The van der Waals surface area contributed by atoms with Gasteiger partial charge in [0.05, 0.1) is 20.4 Å². The first kappa shape index (κ1) is 23.9. The second-order valence-electron chi connectivity index (χ2n) is 8.42. The number of ketones is 2. The van der Waals surface area contributed by atoms with Crippen LogP contribution in [-0.4, -0.2) is 51.9 Å². The molecule has 0 amide bonds. The number of hydrogen-bond donors (Lipinski definition) is 0. The quantitative estimate of drug-likeness (QED) is 0.238. The molecule has 0 aromatic heterocycles. The second-order valence-corrected chi connectivity index (χ2v) is 13.4. The SMILES string of the molecule is COC1=C(OC)C(=O)C(CCCCCCCCCC[P+](C)(C)C)=C(C)C1=O. The average molecular weight is 398 g/mol. The molecule has 27 heavy (non-hydrogen) atoms. The van der Waals surface area contributed by atoms with E-state index in [4.69, 9.17) is 9.47 Å². The summed E-state index contributed by atoms with van der Waals surface area (Å²) in [5.74, 6) is -0.368. The van der Waals surface area contributed by atoms with Gasteiger partial charge in [0, 0.05) is 38.4 Å². The summed E-state index contributed by atoms with van der Waals surface area (Å²) in [6.07, 6.45) is 11.9. The summed E-state index contributed by atoms with van der Waals surface area (Å²) in [4.78, 5) is 24.9. The van der Waals surface area contributed by atoms with E-state index in [9.17, 15) is 9.59 Å². The predicted octanol–water partition coefficient (Wildman–Crippen LogP) is 5.38. The zero-order valence-electron chi connectivity index (χ0n) is 18.2. The highest BCUT2D eigenvalue weighted by Crippen LogP contribution is 2.47. The molecular weight excluding hydrogens is 359 g/mol. The minimum absolute atomic E-state index is 0.0253. The number of ether oxygens (including phenoxy) is 2. The van der Waals surface area contributed by atoms with Crippen LogP contribution in [0, 0.1) is 0 Å². The lowest BCUT2D eigenvalue weighted by molar-refractivity contribution is -0.121. The standard InChI is InChI=1S/C22H38O4P/c1-17-18(20(24)22(26-3)21(25-2)19(17)23)15-13-11-9-7-8-10-12-14-16-27(4,5)6/h7-16H2,1-6H3/q+1. The third-order valence-electron chi connectivity index (χ3n) is 5.10. The number of allylic oxidation sites excluding steroid dienone is 2. The van der Waals surface area contributed by atoms with Crippen LogP contribution in [0.3, 0.4) is 0 Å². The van der Waals surface area contributed by atoms with Crippen molar-refractivity contribution in [2.24, 2.45) is 0 Å². The summed E-state index contributed by atoms with van der Waals surface area (Å²) in [6, 6.07) is 0. The van der Waals surface area contributed by atoms with Gasteiger partial charge in [0.25, 0.3) is 0 Å². The molecule has 1 aliphatic carbocycles. The number of carbonyl (C=O) groups excluding carboxylic acids is 2. The van der Waals surface area contributed by atoms with Gasteiger partial charge in [-0.2, -0.15) is 0 Å². The molecule has 0 atom stereocenters. The van der Waals surface area contributed by atoms with Crippen LogP contribution in [0.15, 0.2) is 22.7 Å². The van der Waals surface area contributed by atoms with E-state index in [0.717, 1.165) is 12.8 Å². The molecule has 0 radical (unpaired) electrons. The molecule has 0 aliphatic heterocycles. The van der Waals surface area contributed by atoms with E-state index in [1.165, 1.54) is 58.9 Å². The maximum Gasteiger partial charge on any atom is 0.228 e. The van der Waals surface area contributed by atoms with E-state index < -0.39 is 7.26 Å². The number of methoxy groups -OCH3 is 2. The van der Waals surface area contributed by atoms with Crippen LogP contribution in [0.5, 0.6) is 0 Å². The van der Waals surface area contributed by atoms with Gasteiger partial charge in [-0.1, -0.05) is 32.1 Å². The highest BCUT2D eigenvalue weighted by molar-refractivity contribution is 7.73. The topological polar surface area (TPSA) is 52.6 Å². The maximum absolute atomic E-state index is 12.5. The van der Waals surface area contributed by atoms with Gasteiger partial charge in [-0.3, -0.25) is 9.59 Å². The van der Waals surface area contributed by atoms with Crippen molar-refractivity contribution >= 4 is 18.8 Å². The van der Waals surface area contributed by atoms with Gasteiger partial charge >= 0.3 is 0 Å². The van der Waals surface area contributed by atoms with Crippen molar-refractivity contribution in [1.82, 2.24) is 0 Å². The number of rotatable bonds is 13. The zero-order valence-corrected chi connectivity index (χ0v) is 19.0. The molecule has 0 heterocycles. The summed E-state index contributed by atoms with van der Waals surface area (Å²) >= 11 is 0. The molecule has 0 spiro atoms. The van der Waals surface area contributed by atoms with Crippen molar-refractivity contribution in [2.45, 2.75) is 64.7 Å². The number of carbonyl (C=O) groups is 2. The fourth-order valence-corrected chi connectivity index (χ4v) is 4.61. The minimum atomic E-state index is -0.603. The predicted molar refractivity (Wildman–Crippen MR) is 115 cm³/mol. The molecule has 0 saturated carbocycles. The molecule has 4 nitrogen and oxygen atoms in total. The Labute approximate surface area is 166 Å². The van der Waals surface area contributed by atoms with Crippen molar-refractivity contribution in [1.29, 1.82) is 0 Å². The van der Waals surface area contributed by atoms with Gasteiger partial charge in [0.2, 0.25) is 23.1 Å². The second kappa shape index (κ2) is 11.6. The Morgan fingerprint density at radius 2 is 1.15 bits per heavy atom. The van der Waals surface area contributed by atoms with Gasteiger partial charge in [-0.25, -0.2) is 0 Å². The fourth-order valence-electron chi connectivity index (χ4n) is 3.44. The largest absolute Gasteiger partial charge is 0.489 e. The molecule has 0 fully saturated rings. The lowest BCUT2D eigenvalue weighted by Crippen LogP contribution is -2.25. The molecule has 154 valence electrons.